The smallest absolute Gasteiger partial charge is 0.159 e. The van der Waals surface area contributed by atoms with Crippen LogP contribution >= 0.6 is 11.3 Å². The topological polar surface area (TPSA) is 42.4 Å². The van der Waals surface area contributed by atoms with Crippen molar-refractivity contribution in [3.05, 3.63) is 170 Å². The third kappa shape index (κ3) is 4.50. The molecule has 0 saturated carbocycles. The number of hydrogen-bond donors (Lipinski definition) is 0. The van der Waals surface area contributed by atoms with Crippen molar-refractivity contribution in [3.63, 3.8) is 0 Å². The minimum Gasteiger partial charge on any atom is -0.456 e. The Hall–Kier alpha value is -6.69. The number of thiazole rings is 1. The maximum Gasteiger partial charge on any atom is 0.159 e. The zero-order valence-corrected chi connectivity index (χ0v) is 28.6. The molecular weight excluding hydrogens is 657 g/mol. The number of benzene rings is 8. The summed E-state index contributed by atoms with van der Waals surface area (Å²) in [5.41, 5.74) is 10.7. The van der Waals surface area contributed by atoms with E-state index in [4.69, 9.17) is 13.8 Å². The summed E-state index contributed by atoms with van der Waals surface area (Å²) in [6, 6.07) is 59.6. The second kappa shape index (κ2) is 11.4. The van der Waals surface area contributed by atoms with E-state index < -0.39 is 0 Å². The van der Waals surface area contributed by atoms with Crippen molar-refractivity contribution in [1.29, 1.82) is 0 Å². The molecule has 52 heavy (non-hydrogen) atoms. The molecule has 0 aliphatic carbocycles. The van der Waals surface area contributed by atoms with E-state index in [9.17, 15) is 0 Å². The van der Waals surface area contributed by atoms with Crippen molar-refractivity contribution in [2.45, 2.75) is 0 Å². The Morgan fingerprint density at radius 3 is 2.13 bits per heavy atom. The molecule has 0 aliphatic rings. The van der Waals surface area contributed by atoms with Crippen molar-refractivity contribution in [1.82, 2.24) is 4.98 Å². The van der Waals surface area contributed by atoms with Crippen molar-refractivity contribution in [3.8, 4) is 21.7 Å². The first-order chi connectivity index (χ1) is 25.8. The molecule has 0 aliphatic heterocycles. The first-order valence-corrected chi connectivity index (χ1v) is 18.2. The van der Waals surface area contributed by atoms with Crippen LogP contribution in [0.3, 0.4) is 0 Å². The van der Waals surface area contributed by atoms with Crippen LogP contribution in [-0.2, 0) is 0 Å². The first kappa shape index (κ1) is 29.1. The summed E-state index contributed by atoms with van der Waals surface area (Å²) in [5, 5.41) is 7.74. The Kier molecular flexibility index (Phi) is 6.39. The highest BCUT2D eigenvalue weighted by atomic mass is 32.1. The molecule has 0 N–H and O–H groups in total. The van der Waals surface area contributed by atoms with Gasteiger partial charge >= 0.3 is 0 Å². The fourth-order valence-electron chi connectivity index (χ4n) is 7.69. The van der Waals surface area contributed by atoms with Gasteiger partial charge in [-0.2, -0.15) is 0 Å². The van der Waals surface area contributed by atoms with Gasteiger partial charge in [0, 0.05) is 33.5 Å². The van der Waals surface area contributed by atoms with Gasteiger partial charge in [0.05, 0.1) is 27.0 Å². The van der Waals surface area contributed by atoms with Crippen LogP contribution in [0, 0.1) is 0 Å². The molecule has 4 nitrogen and oxygen atoms in total. The van der Waals surface area contributed by atoms with Crippen LogP contribution in [0.25, 0.3) is 86.6 Å². The molecule has 0 amide bonds. The molecule has 5 heteroatoms. The van der Waals surface area contributed by atoms with Crippen LogP contribution in [-0.4, -0.2) is 4.98 Å². The minimum absolute atomic E-state index is 0.809. The summed E-state index contributed by atoms with van der Waals surface area (Å²) in [6.07, 6.45) is 0. The van der Waals surface area contributed by atoms with Crippen molar-refractivity contribution >= 4 is 93.3 Å². The van der Waals surface area contributed by atoms with Gasteiger partial charge < -0.3 is 13.7 Å². The maximum atomic E-state index is 6.61. The van der Waals surface area contributed by atoms with E-state index in [0.29, 0.717) is 0 Å². The summed E-state index contributed by atoms with van der Waals surface area (Å²) in [6.45, 7) is 0. The third-order valence-corrected chi connectivity index (χ3v) is 11.2. The molecule has 244 valence electrons. The number of aromatic nitrogens is 1. The molecule has 0 fully saturated rings. The van der Waals surface area contributed by atoms with Crippen LogP contribution in [0.5, 0.6) is 0 Å². The average Bonchev–Trinajstić information content (AvgIpc) is 3.92. The number of hydrogen-bond acceptors (Lipinski definition) is 5. The van der Waals surface area contributed by atoms with E-state index in [1.807, 2.05) is 18.2 Å². The Labute approximate surface area is 302 Å². The van der Waals surface area contributed by atoms with Crippen LogP contribution < -0.4 is 4.90 Å². The van der Waals surface area contributed by atoms with Crippen molar-refractivity contribution in [2.75, 3.05) is 4.90 Å². The Balaban J connectivity index is 1.10. The van der Waals surface area contributed by atoms with Gasteiger partial charge in [-0.05, 0) is 70.4 Å². The quantitative estimate of drug-likeness (QED) is 0.181. The highest BCUT2D eigenvalue weighted by Gasteiger charge is 2.22. The molecule has 0 bridgehead atoms. The van der Waals surface area contributed by atoms with Gasteiger partial charge in [-0.3, -0.25) is 0 Å². The van der Waals surface area contributed by atoms with E-state index in [2.05, 4.69) is 157 Å². The van der Waals surface area contributed by atoms with Gasteiger partial charge in [0.25, 0.3) is 0 Å². The number of furan rings is 2. The molecule has 3 aromatic heterocycles. The van der Waals surface area contributed by atoms with Gasteiger partial charge in [0.15, 0.2) is 5.58 Å². The lowest BCUT2D eigenvalue weighted by molar-refractivity contribution is 0.667. The van der Waals surface area contributed by atoms with Gasteiger partial charge in [-0.1, -0.05) is 115 Å². The Morgan fingerprint density at radius 1 is 0.481 bits per heavy atom. The molecule has 0 unspecified atom stereocenters. The van der Waals surface area contributed by atoms with Gasteiger partial charge in [-0.15, -0.1) is 11.3 Å². The zero-order valence-electron chi connectivity index (χ0n) is 27.8. The average molecular weight is 685 g/mol. The fourth-order valence-corrected chi connectivity index (χ4v) is 8.67. The summed E-state index contributed by atoms with van der Waals surface area (Å²) >= 11 is 1.71. The normalized spacial score (nSPS) is 11.8. The number of nitrogens with zero attached hydrogens (tertiary/aromatic N) is 2. The Morgan fingerprint density at radius 2 is 1.23 bits per heavy atom. The number of fused-ring (bicyclic) bond motifs is 9. The van der Waals surface area contributed by atoms with E-state index in [-0.39, 0.29) is 0 Å². The van der Waals surface area contributed by atoms with Crippen LogP contribution in [0.15, 0.2) is 179 Å². The van der Waals surface area contributed by atoms with E-state index in [0.717, 1.165) is 87.3 Å². The third-order valence-electron chi connectivity index (χ3n) is 10.1. The van der Waals surface area contributed by atoms with E-state index in [1.54, 1.807) is 11.3 Å². The second-order valence-corrected chi connectivity index (χ2v) is 14.1. The predicted octanol–water partition coefficient (Wildman–Crippen LogP) is 14.1. The first-order valence-electron chi connectivity index (χ1n) is 17.4. The summed E-state index contributed by atoms with van der Waals surface area (Å²) < 4.78 is 14.3. The van der Waals surface area contributed by atoms with Gasteiger partial charge in [0.2, 0.25) is 0 Å². The second-order valence-electron chi connectivity index (χ2n) is 13.1. The predicted molar refractivity (Wildman–Crippen MR) is 217 cm³/mol. The lowest BCUT2D eigenvalue weighted by Gasteiger charge is -2.25. The standard InChI is InChI=1S/C47H28N2O2S/c1-2-11-31(12-3-1)47-48-45-43(52-47)27-26-41-44(45)38-25-24-33(28-42(38)50-41)49(39-18-9-17-37-36-15-6-7-19-40(36)51-46(37)39)32-22-20-30(21-23-32)35-16-8-13-29-10-4-5-14-34(29)35/h1-28H. The van der Waals surface area contributed by atoms with Crippen LogP contribution in [0.4, 0.5) is 17.1 Å². The molecule has 11 rings (SSSR count). The van der Waals surface area contributed by atoms with Gasteiger partial charge in [-0.25, -0.2) is 4.98 Å². The zero-order chi connectivity index (χ0) is 34.2. The molecule has 0 spiro atoms. The van der Waals surface area contributed by atoms with Crippen LogP contribution in [0.1, 0.15) is 0 Å². The van der Waals surface area contributed by atoms with Crippen molar-refractivity contribution in [2.24, 2.45) is 0 Å². The number of anilines is 3. The number of rotatable bonds is 5. The van der Waals surface area contributed by atoms with Gasteiger partial charge in [0.1, 0.15) is 21.8 Å². The largest absolute Gasteiger partial charge is 0.456 e. The van der Waals surface area contributed by atoms with Crippen molar-refractivity contribution < 1.29 is 8.83 Å². The molecule has 3 heterocycles. The molecule has 11 aromatic rings. The fraction of sp³-hybridized carbons (Fsp3) is 0. The SMILES string of the molecule is c1ccc(-c2nc3c(ccc4oc5cc(N(c6ccc(-c7cccc8ccccc78)cc6)c6cccc7c6oc6ccccc67)ccc5c43)s2)cc1. The molecule has 0 saturated heterocycles. The monoisotopic (exact) mass is 684 g/mol. The number of para-hydroxylation sites is 2. The molecule has 8 aromatic carbocycles. The summed E-state index contributed by atoms with van der Waals surface area (Å²) in [7, 11) is 0. The molecular formula is C47H28N2O2S. The summed E-state index contributed by atoms with van der Waals surface area (Å²) in [4.78, 5) is 7.40. The van der Waals surface area contributed by atoms with Crippen LogP contribution in [0.2, 0.25) is 0 Å². The molecule has 0 atom stereocenters. The Bertz CT molecular complexity index is 3130. The van der Waals surface area contributed by atoms with E-state index in [1.165, 1.54) is 16.3 Å². The lowest BCUT2D eigenvalue weighted by atomic mass is 9.98. The maximum absolute atomic E-state index is 6.61. The summed E-state index contributed by atoms with van der Waals surface area (Å²) in [5.74, 6) is 0. The van der Waals surface area contributed by atoms with E-state index >= 15 is 0 Å². The molecule has 0 radical (unpaired) electrons. The lowest BCUT2D eigenvalue weighted by Crippen LogP contribution is -2.10. The highest BCUT2D eigenvalue weighted by Crippen LogP contribution is 2.45. The highest BCUT2D eigenvalue weighted by molar-refractivity contribution is 7.21. The minimum atomic E-state index is 0.809.